The lowest BCUT2D eigenvalue weighted by Gasteiger charge is -2.32. The van der Waals surface area contributed by atoms with Gasteiger partial charge < -0.3 is 10.2 Å². The summed E-state index contributed by atoms with van der Waals surface area (Å²) < 4.78 is 12.9. The van der Waals surface area contributed by atoms with Gasteiger partial charge in [-0.15, -0.1) is 0 Å². The van der Waals surface area contributed by atoms with E-state index in [-0.39, 0.29) is 17.8 Å². The van der Waals surface area contributed by atoms with Crippen molar-refractivity contribution in [3.8, 4) is 0 Å². The van der Waals surface area contributed by atoms with Gasteiger partial charge in [-0.2, -0.15) is 0 Å². The van der Waals surface area contributed by atoms with Crippen molar-refractivity contribution in [1.29, 1.82) is 0 Å². The summed E-state index contributed by atoms with van der Waals surface area (Å²) in [6.45, 7) is 0.729. The fourth-order valence-electron chi connectivity index (χ4n) is 2.44. The van der Waals surface area contributed by atoms with Gasteiger partial charge in [0.15, 0.2) is 0 Å². The smallest absolute Gasteiger partial charge is 0.244 e. The molecule has 1 aliphatic heterocycles. The molecule has 1 saturated carbocycles. The van der Waals surface area contributed by atoms with Crippen molar-refractivity contribution in [3.05, 3.63) is 30.1 Å². The van der Waals surface area contributed by atoms with E-state index in [1.54, 1.807) is 17.0 Å². The molecular formula is C14H17FN2O. The Balaban J connectivity index is 1.74. The van der Waals surface area contributed by atoms with E-state index >= 15 is 0 Å². The maximum atomic E-state index is 12.9. The molecule has 0 aromatic heterocycles. The number of carbonyl (C=O) groups is 1. The van der Waals surface area contributed by atoms with Crippen molar-refractivity contribution >= 4 is 11.6 Å². The molecule has 1 saturated heterocycles. The molecule has 1 amide bonds. The zero-order valence-corrected chi connectivity index (χ0v) is 10.2. The average Bonchev–Trinajstić information content (AvgIpc) is 3.17. The number of nitrogens with zero attached hydrogens (tertiary/aromatic N) is 1. The standard InChI is InChI=1S/C14H17FN2O/c15-10-3-7-12(8-4-10)17-9-1-2-13(14(17)18)16-11-5-6-11/h3-4,7-8,11,13,16H,1-2,5-6,9H2. The molecule has 1 atom stereocenters. The number of nitrogens with one attached hydrogen (secondary N) is 1. The minimum absolute atomic E-state index is 0.0590. The Morgan fingerprint density at radius 1 is 1.17 bits per heavy atom. The molecule has 1 heterocycles. The third kappa shape index (κ3) is 2.38. The minimum atomic E-state index is -0.268. The second kappa shape index (κ2) is 4.69. The zero-order valence-electron chi connectivity index (χ0n) is 10.2. The van der Waals surface area contributed by atoms with Gasteiger partial charge in [0, 0.05) is 18.3 Å². The second-order valence-electron chi connectivity index (χ2n) is 5.10. The molecule has 0 radical (unpaired) electrons. The molecular weight excluding hydrogens is 231 g/mol. The normalized spacial score (nSPS) is 24.4. The summed E-state index contributed by atoms with van der Waals surface area (Å²) in [4.78, 5) is 14.1. The quantitative estimate of drug-likeness (QED) is 0.888. The van der Waals surface area contributed by atoms with E-state index in [4.69, 9.17) is 0 Å². The summed E-state index contributed by atoms with van der Waals surface area (Å²) in [7, 11) is 0. The highest BCUT2D eigenvalue weighted by molar-refractivity contribution is 5.97. The Morgan fingerprint density at radius 2 is 1.89 bits per heavy atom. The van der Waals surface area contributed by atoms with Crippen LogP contribution in [0.1, 0.15) is 25.7 Å². The summed E-state index contributed by atoms with van der Waals surface area (Å²) in [5, 5.41) is 3.39. The summed E-state index contributed by atoms with van der Waals surface area (Å²) in [6, 6.07) is 6.63. The summed E-state index contributed by atoms with van der Waals surface area (Å²) >= 11 is 0. The number of rotatable bonds is 3. The molecule has 3 rings (SSSR count). The molecule has 1 N–H and O–H groups in total. The van der Waals surface area contributed by atoms with Crippen LogP contribution >= 0.6 is 0 Å². The number of piperidine rings is 1. The van der Waals surface area contributed by atoms with Gasteiger partial charge in [-0.1, -0.05) is 0 Å². The van der Waals surface area contributed by atoms with Crippen LogP contribution in [0.4, 0.5) is 10.1 Å². The van der Waals surface area contributed by atoms with Crippen LogP contribution in [0, 0.1) is 5.82 Å². The Morgan fingerprint density at radius 3 is 2.56 bits per heavy atom. The molecule has 2 aliphatic rings. The van der Waals surface area contributed by atoms with Crippen molar-refractivity contribution in [2.45, 2.75) is 37.8 Å². The summed E-state index contributed by atoms with van der Waals surface area (Å²) in [6.07, 6.45) is 4.27. The highest BCUT2D eigenvalue weighted by atomic mass is 19.1. The van der Waals surface area contributed by atoms with Crippen LogP contribution in [0.5, 0.6) is 0 Å². The molecule has 1 aromatic carbocycles. The monoisotopic (exact) mass is 248 g/mol. The van der Waals surface area contributed by atoms with E-state index < -0.39 is 0 Å². The first-order valence-corrected chi connectivity index (χ1v) is 6.57. The van der Waals surface area contributed by atoms with E-state index in [0.717, 1.165) is 25.1 Å². The minimum Gasteiger partial charge on any atom is -0.311 e. The molecule has 4 heteroatoms. The maximum Gasteiger partial charge on any atom is 0.244 e. The fourth-order valence-corrected chi connectivity index (χ4v) is 2.44. The highest BCUT2D eigenvalue weighted by Gasteiger charge is 2.33. The molecule has 1 unspecified atom stereocenters. The first-order valence-electron chi connectivity index (χ1n) is 6.57. The van der Waals surface area contributed by atoms with Crippen molar-refractivity contribution in [2.75, 3.05) is 11.4 Å². The van der Waals surface area contributed by atoms with E-state index in [1.165, 1.54) is 25.0 Å². The van der Waals surface area contributed by atoms with Crippen LogP contribution in [0.15, 0.2) is 24.3 Å². The van der Waals surface area contributed by atoms with E-state index in [9.17, 15) is 9.18 Å². The van der Waals surface area contributed by atoms with Crippen LogP contribution in [0.2, 0.25) is 0 Å². The van der Waals surface area contributed by atoms with Crippen LogP contribution in [0.3, 0.4) is 0 Å². The number of benzene rings is 1. The number of hydrogen-bond acceptors (Lipinski definition) is 2. The molecule has 0 bridgehead atoms. The summed E-state index contributed by atoms with van der Waals surface area (Å²) in [5.74, 6) is -0.143. The van der Waals surface area contributed by atoms with Crippen molar-refractivity contribution in [1.82, 2.24) is 5.32 Å². The second-order valence-corrected chi connectivity index (χ2v) is 5.10. The molecule has 3 nitrogen and oxygen atoms in total. The van der Waals surface area contributed by atoms with Crippen LogP contribution in [0.25, 0.3) is 0 Å². The van der Waals surface area contributed by atoms with Crippen molar-refractivity contribution in [3.63, 3.8) is 0 Å². The third-order valence-electron chi connectivity index (χ3n) is 3.59. The largest absolute Gasteiger partial charge is 0.311 e. The fraction of sp³-hybridized carbons (Fsp3) is 0.500. The van der Waals surface area contributed by atoms with Crippen LogP contribution in [-0.2, 0) is 4.79 Å². The Labute approximate surface area is 106 Å². The van der Waals surface area contributed by atoms with Gasteiger partial charge in [0.25, 0.3) is 0 Å². The van der Waals surface area contributed by atoms with Gasteiger partial charge in [-0.3, -0.25) is 4.79 Å². The Kier molecular flexibility index (Phi) is 3.04. The molecule has 0 spiro atoms. The number of halogens is 1. The summed E-state index contributed by atoms with van der Waals surface area (Å²) in [5.41, 5.74) is 0.795. The first kappa shape index (κ1) is 11.7. The van der Waals surface area contributed by atoms with Gasteiger partial charge >= 0.3 is 0 Å². The van der Waals surface area contributed by atoms with E-state index in [0.29, 0.717) is 6.04 Å². The first-order chi connectivity index (χ1) is 8.74. The zero-order chi connectivity index (χ0) is 12.5. The lowest BCUT2D eigenvalue weighted by molar-refractivity contribution is -0.121. The predicted octanol–water partition coefficient (Wildman–Crippen LogP) is 2.07. The van der Waals surface area contributed by atoms with Gasteiger partial charge in [0.1, 0.15) is 5.82 Å². The van der Waals surface area contributed by atoms with Gasteiger partial charge in [0.05, 0.1) is 6.04 Å². The SMILES string of the molecule is O=C1C(NC2CC2)CCCN1c1ccc(F)cc1. The molecule has 1 aromatic rings. The Hall–Kier alpha value is -1.42. The topological polar surface area (TPSA) is 32.3 Å². The van der Waals surface area contributed by atoms with Crippen molar-refractivity contribution < 1.29 is 9.18 Å². The van der Waals surface area contributed by atoms with E-state index in [2.05, 4.69) is 5.32 Å². The molecule has 18 heavy (non-hydrogen) atoms. The lowest BCUT2D eigenvalue weighted by Crippen LogP contribution is -2.51. The third-order valence-corrected chi connectivity index (χ3v) is 3.59. The predicted molar refractivity (Wildman–Crippen MR) is 67.9 cm³/mol. The molecule has 1 aliphatic carbocycles. The number of hydrogen-bond donors (Lipinski definition) is 1. The maximum absolute atomic E-state index is 12.9. The lowest BCUT2D eigenvalue weighted by atomic mass is 10.0. The average molecular weight is 248 g/mol. The van der Waals surface area contributed by atoms with Crippen LogP contribution in [-0.4, -0.2) is 24.5 Å². The van der Waals surface area contributed by atoms with Crippen LogP contribution < -0.4 is 10.2 Å². The number of amides is 1. The number of carbonyl (C=O) groups excluding carboxylic acids is 1. The highest BCUT2D eigenvalue weighted by Crippen LogP contribution is 2.25. The van der Waals surface area contributed by atoms with Crippen molar-refractivity contribution in [2.24, 2.45) is 0 Å². The molecule has 96 valence electrons. The Bertz CT molecular complexity index is 442. The molecule has 2 fully saturated rings. The number of anilines is 1. The van der Waals surface area contributed by atoms with Gasteiger partial charge in [0.2, 0.25) is 5.91 Å². The van der Waals surface area contributed by atoms with Gasteiger partial charge in [-0.05, 0) is 49.9 Å². The van der Waals surface area contributed by atoms with Gasteiger partial charge in [-0.25, -0.2) is 4.39 Å². The van der Waals surface area contributed by atoms with E-state index in [1.807, 2.05) is 0 Å².